The minimum atomic E-state index is -0.334. The summed E-state index contributed by atoms with van der Waals surface area (Å²) in [6.07, 6.45) is 15.5. The van der Waals surface area contributed by atoms with Crippen LogP contribution >= 0.6 is 0 Å². The first-order valence-corrected chi connectivity index (χ1v) is 14.0. The van der Waals surface area contributed by atoms with Gasteiger partial charge in [0.2, 0.25) is 11.9 Å². The van der Waals surface area contributed by atoms with Crippen LogP contribution in [0.1, 0.15) is 29.6 Å². The minimum absolute atomic E-state index is 0.155. The molecule has 6 rings (SSSR count). The molecule has 2 amide bonds. The zero-order valence-electron chi connectivity index (χ0n) is 22.7. The van der Waals surface area contributed by atoms with Crippen molar-refractivity contribution in [2.45, 2.75) is 31.3 Å². The van der Waals surface area contributed by atoms with Crippen LogP contribution < -0.4 is 21.7 Å². The largest absolute Gasteiger partial charge is 0.397 e. The van der Waals surface area contributed by atoms with Crippen LogP contribution in [0.5, 0.6) is 0 Å². The summed E-state index contributed by atoms with van der Waals surface area (Å²) < 4.78 is 0. The van der Waals surface area contributed by atoms with Crippen molar-refractivity contribution in [1.29, 1.82) is 0 Å². The number of aromatic nitrogens is 2. The molecule has 1 saturated heterocycles. The zero-order chi connectivity index (χ0) is 28.2. The van der Waals surface area contributed by atoms with E-state index in [1.54, 1.807) is 6.07 Å². The van der Waals surface area contributed by atoms with Crippen LogP contribution in [0.3, 0.4) is 0 Å². The quantitative estimate of drug-likeness (QED) is 0.324. The highest BCUT2D eigenvalue weighted by molar-refractivity contribution is 6.05. The summed E-state index contributed by atoms with van der Waals surface area (Å²) in [7, 11) is 0. The molecule has 0 saturated carbocycles. The van der Waals surface area contributed by atoms with Gasteiger partial charge in [-0.25, -0.2) is 9.97 Å². The van der Waals surface area contributed by atoms with Gasteiger partial charge in [0.1, 0.15) is 0 Å². The second-order valence-electron chi connectivity index (χ2n) is 10.6. The highest BCUT2D eigenvalue weighted by atomic mass is 16.2. The maximum atomic E-state index is 13.0. The van der Waals surface area contributed by atoms with Gasteiger partial charge in [-0.1, -0.05) is 60.7 Å². The van der Waals surface area contributed by atoms with Gasteiger partial charge in [0.25, 0.3) is 5.91 Å². The number of fused-ring (bicyclic) bond motifs is 1. The van der Waals surface area contributed by atoms with Crippen molar-refractivity contribution in [2.75, 3.05) is 29.5 Å². The van der Waals surface area contributed by atoms with Crippen molar-refractivity contribution in [2.24, 2.45) is 5.92 Å². The van der Waals surface area contributed by atoms with Crippen molar-refractivity contribution in [3.05, 3.63) is 103 Å². The first-order valence-electron chi connectivity index (χ1n) is 14.0. The molecule has 1 aliphatic carbocycles. The molecule has 9 heteroatoms. The lowest BCUT2D eigenvalue weighted by molar-refractivity contribution is -0.131. The molecule has 41 heavy (non-hydrogen) atoms. The summed E-state index contributed by atoms with van der Waals surface area (Å²) in [5.74, 6) is 0.560. The molecule has 5 N–H and O–H groups in total. The molecule has 2 unspecified atom stereocenters. The number of hydrogen-bond donors (Lipinski definition) is 4. The summed E-state index contributed by atoms with van der Waals surface area (Å²) >= 11 is 0. The highest BCUT2D eigenvalue weighted by Crippen LogP contribution is 2.30. The van der Waals surface area contributed by atoms with E-state index in [2.05, 4.69) is 38.1 Å². The molecule has 3 heterocycles. The van der Waals surface area contributed by atoms with E-state index in [1.807, 2.05) is 65.7 Å². The topological polar surface area (TPSA) is 125 Å². The maximum Gasteiger partial charge on any atom is 0.258 e. The Balaban J connectivity index is 0.995. The fraction of sp³-hybridized carbons (Fsp3) is 0.250. The second kappa shape index (κ2) is 11.7. The van der Waals surface area contributed by atoms with E-state index in [1.165, 1.54) is 12.4 Å². The Morgan fingerprint density at radius 3 is 2.51 bits per heavy atom. The lowest BCUT2D eigenvalue weighted by Crippen LogP contribution is -2.42. The number of nitrogen functional groups attached to an aromatic ring is 1. The van der Waals surface area contributed by atoms with Gasteiger partial charge < -0.3 is 26.6 Å². The number of likely N-dealkylation sites (tertiary alicyclic amines) is 1. The summed E-state index contributed by atoms with van der Waals surface area (Å²) in [5, 5.41) is 9.59. The highest BCUT2D eigenvalue weighted by Gasteiger charge is 2.30. The molecule has 2 atom stereocenters. The first-order chi connectivity index (χ1) is 20.0. The van der Waals surface area contributed by atoms with E-state index in [0.29, 0.717) is 42.4 Å². The Bertz CT molecular complexity index is 1510. The fourth-order valence-corrected chi connectivity index (χ4v) is 5.52. The van der Waals surface area contributed by atoms with E-state index in [4.69, 9.17) is 5.73 Å². The van der Waals surface area contributed by atoms with E-state index >= 15 is 0 Å². The number of anilines is 3. The number of nitrogens with one attached hydrogen (secondary N) is 3. The fourth-order valence-electron chi connectivity index (χ4n) is 5.52. The smallest absolute Gasteiger partial charge is 0.258 e. The Morgan fingerprint density at radius 1 is 0.976 bits per heavy atom. The van der Waals surface area contributed by atoms with Gasteiger partial charge in [0.05, 0.1) is 29.4 Å². The molecule has 0 radical (unpaired) electrons. The number of carbonyl (C=O) groups excluding carboxylic acids is 2. The minimum Gasteiger partial charge on any atom is -0.397 e. The van der Waals surface area contributed by atoms with Crippen molar-refractivity contribution in [1.82, 2.24) is 20.2 Å². The van der Waals surface area contributed by atoms with E-state index < -0.39 is 0 Å². The molecule has 0 spiro atoms. The average Bonchev–Trinajstić information content (AvgIpc) is 3.42. The normalized spacial score (nSPS) is 19.7. The monoisotopic (exact) mass is 547 g/mol. The Morgan fingerprint density at radius 2 is 1.73 bits per heavy atom. The number of nitrogens with two attached hydrogens (primary N) is 1. The lowest BCUT2D eigenvalue weighted by atomic mass is 9.89. The van der Waals surface area contributed by atoms with Crippen molar-refractivity contribution in [3.63, 3.8) is 0 Å². The first kappa shape index (κ1) is 26.3. The predicted octanol–water partition coefficient (Wildman–Crippen LogP) is 4.37. The van der Waals surface area contributed by atoms with Crippen molar-refractivity contribution < 1.29 is 9.59 Å². The molecule has 9 nitrogen and oxygen atoms in total. The van der Waals surface area contributed by atoms with Crippen LogP contribution in [-0.4, -0.2) is 51.9 Å². The van der Waals surface area contributed by atoms with Crippen LogP contribution in [0.2, 0.25) is 0 Å². The molecular formula is C32H33N7O2. The van der Waals surface area contributed by atoms with Crippen LogP contribution in [0.25, 0.3) is 11.1 Å². The molecule has 3 aliphatic rings. The maximum absolute atomic E-state index is 13.0. The Kier molecular flexibility index (Phi) is 7.49. The number of rotatable bonds is 7. The third-order valence-corrected chi connectivity index (χ3v) is 7.88. The summed E-state index contributed by atoms with van der Waals surface area (Å²) in [6, 6.07) is 15.9. The van der Waals surface area contributed by atoms with Gasteiger partial charge in [-0.15, -0.1) is 0 Å². The number of carbonyl (C=O) groups is 2. The molecule has 1 aromatic heterocycles. The van der Waals surface area contributed by atoms with E-state index in [9.17, 15) is 9.59 Å². The van der Waals surface area contributed by atoms with Gasteiger partial charge in [0.15, 0.2) is 0 Å². The molecular weight excluding hydrogens is 514 g/mol. The average molecular weight is 548 g/mol. The summed E-state index contributed by atoms with van der Waals surface area (Å²) in [5.41, 5.74) is 10.6. The molecule has 2 aliphatic heterocycles. The summed E-state index contributed by atoms with van der Waals surface area (Å²) in [4.78, 5) is 36.5. The lowest BCUT2D eigenvalue weighted by Gasteiger charge is -2.33. The Hall–Kier alpha value is -4.92. The van der Waals surface area contributed by atoms with Crippen molar-refractivity contribution in [3.8, 4) is 11.1 Å². The SMILES string of the molecule is Nc1ccc(-c2ccccc2)cc1NC(=O)c1cnc(NC2CCN(C(=O)CC3=CNC4C=CC=CC34)CC2)nc1. The Labute approximate surface area is 239 Å². The molecule has 3 aromatic rings. The number of amides is 2. The third kappa shape index (κ3) is 5.99. The molecule has 0 bridgehead atoms. The zero-order valence-corrected chi connectivity index (χ0v) is 22.7. The van der Waals surface area contributed by atoms with Gasteiger partial charge in [-0.05, 0) is 47.9 Å². The number of nitrogens with zero attached hydrogens (tertiary/aromatic N) is 3. The molecule has 2 aromatic carbocycles. The number of benzene rings is 2. The second-order valence-corrected chi connectivity index (χ2v) is 10.6. The van der Waals surface area contributed by atoms with Crippen LogP contribution in [0.4, 0.5) is 17.3 Å². The van der Waals surface area contributed by atoms with Crippen molar-refractivity contribution >= 4 is 29.1 Å². The van der Waals surface area contributed by atoms with E-state index in [-0.39, 0.29) is 29.8 Å². The molecule has 208 valence electrons. The van der Waals surface area contributed by atoms with Crippen LogP contribution in [0.15, 0.2) is 97.0 Å². The van der Waals surface area contributed by atoms with Gasteiger partial charge in [-0.2, -0.15) is 0 Å². The predicted molar refractivity (Wildman–Crippen MR) is 161 cm³/mol. The third-order valence-electron chi connectivity index (χ3n) is 7.88. The van der Waals surface area contributed by atoms with Gasteiger partial charge in [0, 0.05) is 37.4 Å². The van der Waals surface area contributed by atoms with Gasteiger partial charge >= 0.3 is 0 Å². The van der Waals surface area contributed by atoms with Crippen LogP contribution in [0, 0.1) is 5.92 Å². The number of piperidine rings is 1. The van der Waals surface area contributed by atoms with Gasteiger partial charge in [-0.3, -0.25) is 9.59 Å². The standard InChI is InChI=1S/C32H33N7O2/c33-27-11-10-22(21-6-2-1-3-7-21)16-29(27)38-31(41)24-19-35-32(36-20-24)37-25-12-14-39(15-13-25)30(40)17-23-18-34-28-9-5-4-8-26(23)28/h1-11,16,18-20,25-26,28,34H,12-15,17,33H2,(H,38,41)(H,35,36,37). The van der Waals surface area contributed by atoms with E-state index in [0.717, 1.165) is 29.5 Å². The molecule has 1 fully saturated rings. The summed E-state index contributed by atoms with van der Waals surface area (Å²) in [6.45, 7) is 1.37. The van der Waals surface area contributed by atoms with Crippen LogP contribution in [-0.2, 0) is 4.79 Å². The number of hydrogen-bond acceptors (Lipinski definition) is 7. The number of allylic oxidation sites excluding steroid dienone is 2.